The molecule has 0 aliphatic rings. The lowest BCUT2D eigenvalue weighted by Gasteiger charge is -2.15. The number of aromatic nitrogens is 1. The number of nitrogens with two attached hydrogens (primary N) is 1. The molecule has 0 saturated carbocycles. The molecule has 2 aromatic rings. The maximum absolute atomic E-state index is 5.86. The predicted molar refractivity (Wildman–Crippen MR) is 83.0 cm³/mol. The second kappa shape index (κ2) is 6.13. The van der Waals surface area contributed by atoms with E-state index < -0.39 is 0 Å². The number of benzene rings is 1. The zero-order valence-electron chi connectivity index (χ0n) is 10.8. The second-order valence-electron chi connectivity index (χ2n) is 5.16. The molecular formula is C14H19BrN2S. The van der Waals surface area contributed by atoms with Crippen molar-refractivity contribution in [3.05, 3.63) is 27.7 Å². The zero-order valence-corrected chi connectivity index (χ0v) is 13.2. The van der Waals surface area contributed by atoms with Gasteiger partial charge in [0.25, 0.3) is 0 Å². The van der Waals surface area contributed by atoms with Gasteiger partial charge in [0, 0.05) is 10.9 Å². The zero-order chi connectivity index (χ0) is 13.1. The fourth-order valence-corrected chi connectivity index (χ4v) is 3.84. The molecule has 0 saturated heterocycles. The van der Waals surface area contributed by atoms with E-state index in [1.54, 1.807) is 11.3 Å². The number of nitrogens with zero attached hydrogens (tertiary/aromatic N) is 1. The summed E-state index contributed by atoms with van der Waals surface area (Å²) in [5, 5.41) is 1.21. The standard InChI is InChI=1S/C14H19BrN2S/c1-9(2)5-10(8-16)6-14-17-12-4-3-11(15)7-13(12)18-14/h3-4,7,9-10H,5-6,8,16H2,1-2H3. The Kier molecular flexibility index (Phi) is 4.76. The molecule has 0 spiro atoms. The Bertz CT molecular complexity index is 521. The third-order valence-electron chi connectivity index (χ3n) is 3.00. The lowest BCUT2D eigenvalue weighted by atomic mass is 9.94. The molecule has 0 radical (unpaired) electrons. The van der Waals surface area contributed by atoms with Crippen LogP contribution in [-0.4, -0.2) is 11.5 Å². The number of rotatable bonds is 5. The maximum Gasteiger partial charge on any atom is 0.0941 e. The summed E-state index contributed by atoms with van der Waals surface area (Å²) in [7, 11) is 0. The highest BCUT2D eigenvalue weighted by Crippen LogP contribution is 2.27. The Morgan fingerprint density at radius 1 is 1.39 bits per heavy atom. The van der Waals surface area contributed by atoms with E-state index in [2.05, 4.69) is 41.9 Å². The van der Waals surface area contributed by atoms with Gasteiger partial charge in [-0.1, -0.05) is 29.8 Å². The Labute approximate surface area is 121 Å². The number of hydrogen-bond donors (Lipinski definition) is 1. The Balaban J connectivity index is 2.15. The summed E-state index contributed by atoms with van der Waals surface area (Å²) < 4.78 is 2.36. The highest BCUT2D eigenvalue weighted by Gasteiger charge is 2.13. The van der Waals surface area contributed by atoms with Crippen molar-refractivity contribution >= 4 is 37.5 Å². The van der Waals surface area contributed by atoms with Gasteiger partial charge in [-0.25, -0.2) is 4.98 Å². The lowest BCUT2D eigenvalue weighted by molar-refractivity contribution is 0.415. The molecule has 1 aromatic carbocycles. The maximum atomic E-state index is 5.86. The normalized spacial score (nSPS) is 13.4. The van der Waals surface area contributed by atoms with Crippen LogP contribution in [0.15, 0.2) is 22.7 Å². The Morgan fingerprint density at radius 3 is 2.83 bits per heavy atom. The summed E-state index contributed by atoms with van der Waals surface area (Å²) in [5.41, 5.74) is 6.95. The van der Waals surface area contributed by atoms with Crippen molar-refractivity contribution in [1.29, 1.82) is 0 Å². The van der Waals surface area contributed by atoms with Gasteiger partial charge in [0.15, 0.2) is 0 Å². The Hall–Kier alpha value is -0.450. The van der Waals surface area contributed by atoms with Crippen LogP contribution in [0.1, 0.15) is 25.3 Å². The first kappa shape index (κ1) is 14.0. The van der Waals surface area contributed by atoms with Gasteiger partial charge in [-0.3, -0.25) is 0 Å². The minimum Gasteiger partial charge on any atom is -0.330 e. The molecular weight excluding hydrogens is 308 g/mol. The van der Waals surface area contributed by atoms with Gasteiger partial charge in [-0.2, -0.15) is 0 Å². The van der Waals surface area contributed by atoms with Gasteiger partial charge in [-0.15, -0.1) is 11.3 Å². The molecule has 4 heteroatoms. The molecule has 2 rings (SSSR count). The number of halogens is 1. The first-order valence-corrected chi connectivity index (χ1v) is 7.94. The van der Waals surface area contributed by atoms with E-state index in [-0.39, 0.29) is 0 Å². The van der Waals surface area contributed by atoms with E-state index in [0.717, 1.165) is 23.0 Å². The van der Waals surface area contributed by atoms with Crippen molar-refractivity contribution in [2.24, 2.45) is 17.6 Å². The molecule has 1 aromatic heterocycles. The van der Waals surface area contributed by atoms with E-state index in [0.29, 0.717) is 11.8 Å². The van der Waals surface area contributed by atoms with E-state index in [1.165, 1.54) is 16.1 Å². The van der Waals surface area contributed by atoms with Crippen LogP contribution in [0.2, 0.25) is 0 Å². The van der Waals surface area contributed by atoms with Gasteiger partial charge in [0.1, 0.15) is 0 Å². The van der Waals surface area contributed by atoms with Crippen LogP contribution in [-0.2, 0) is 6.42 Å². The molecule has 1 heterocycles. The van der Waals surface area contributed by atoms with Crippen LogP contribution < -0.4 is 5.73 Å². The summed E-state index contributed by atoms with van der Waals surface area (Å²) in [6, 6.07) is 6.25. The number of thiazole rings is 1. The van der Waals surface area contributed by atoms with E-state index >= 15 is 0 Å². The smallest absolute Gasteiger partial charge is 0.0941 e. The van der Waals surface area contributed by atoms with Gasteiger partial charge >= 0.3 is 0 Å². The van der Waals surface area contributed by atoms with Crippen molar-refractivity contribution in [2.45, 2.75) is 26.7 Å². The van der Waals surface area contributed by atoms with Crippen molar-refractivity contribution in [3.8, 4) is 0 Å². The van der Waals surface area contributed by atoms with Crippen molar-refractivity contribution in [3.63, 3.8) is 0 Å². The molecule has 98 valence electrons. The third kappa shape index (κ3) is 3.53. The first-order chi connectivity index (χ1) is 8.58. The van der Waals surface area contributed by atoms with E-state index in [1.807, 2.05) is 6.07 Å². The van der Waals surface area contributed by atoms with Crippen LogP contribution >= 0.6 is 27.3 Å². The summed E-state index contributed by atoms with van der Waals surface area (Å²) in [4.78, 5) is 4.69. The highest BCUT2D eigenvalue weighted by molar-refractivity contribution is 9.10. The predicted octanol–water partition coefficient (Wildman–Crippen LogP) is 4.22. The molecule has 0 fully saturated rings. The monoisotopic (exact) mass is 326 g/mol. The largest absolute Gasteiger partial charge is 0.330 e. The topological polar surface area (TPSA) is 38.9 Å². The molecule has 1 unspecified atom stereocenters. The van der Waals surface area contributed by atoms with Crippen LogP contribution in [0.4, 0.5) is 0 Å². The lowest BCUT2D eigenvalue weighted by Crippen LogP contribution is -2.18. The van der Waals surface area contributed by atoms with Gasteiger partial charge in [0.05, 0.1) is 15.2 Å². The van der Waals surface area contributed by atoms with Crippen molar-refractivity contribution in [1.82, 2.24) is 4.98 Å². The van der Waals surface area contributed by atoms with E-state index in [4.69, 9.17) is 10.7 Å². The molecule has 0 aliphatic heterocycles. The average Bonchev–Trinajstić information content (AvgIpc) is 2.68. The highest BCUT2D eigenvalue weighted by atomic mass is 79.9. The summed E-state index contributed by atoms with van der Waals surface area (Å²) in [6.07, 6.45) is 2.18. The fraction of sp³-hybridized carbons (Fsp3) is 0.500. The minimum absolute atomic E-state index is 0.550. The van der Waals surface area contributed by atoms with Crippen LogP contribution in [0.3, 0.4) is 0 Å². The molecule has 0 aliphatic carbocycles. The minimum atomic E-state index is 0.550. The summed E-state index contributed by atoms with van der Waals surface area (Å²) >= 11 is 5.28. The number of hydrogen-bond acceptors (Lipinski definition) is 3. The Morgan fingerprint density at radius 2 is 2.17 bits per heavy atom. The molecule has 2 nitrogen and oxygen atoms in total. The van der Waals surface area contributed by atoms with E-state index in [9.17, 15) is 0 Å². The van der Waals surface area contributed by atoms with Crippen LogP contribution in [0, 0.1) is 11.8 Å². The number of fused-ring (bicyclic) bond motifs is 1. The van der Waals surface area contributed by atoms with Gasteiger partial charge in [0.2, 0.25) is 0 Å². The average molecular weight is 327 g/mol. The van der Waals surface area contributed by atoms with Crippen LogP contribution in [0.25, 0.3) is 10.2 Å². The molecule has 0 bridgehead atoms. The molecule has 18 heavy (non-hydrogen) atoms. The molecule has 0 amide bonds. The fourth-order valence-electron chi connectivity index (χ4n) is 2.21. The molecule has 2 N–H and O–H groups in total. The molecule has 1 atom stereocenters. The van der Waals surface area contributed by atoms with Gasteiger partial charge < -0.3 is 5.73 Å². The van der Waals surface area contributed by atoms with Gasteiger partial charge in [-0.05, 0) is 43.0 Å². The second-order valence-corrected chi connectivity index (χ2v) is 7.19. The summed E-state index contributed by atoms with van der Waals surface area (Å²) in [6.45, 7) is 5.24. The summed E-state index contributed by atoms with van der Waals surface area (Å²) in [5.74, 6) is 1.25. The first-order valence-electron chi connectivity index (χ1n) is 6.33. The SMILES string of the molecule is CC(C)CC(CN)Cc1nc2ccc(Br)cc2s1. The van der Waals surface area contributed by atoms with Crippen molar-refractivity contribution < 1.29 is 0 Å². The quantitative estimate of drug-likeness (QED) is 0.893. The van der Waals surface area contributed by atoms with Crippen molar-refractivity contribution in [2.75, 3.05) is 6.54 Å². The third-order valence-corrected chi connectivity index (χ3v) is 4.53. The van der Waals surface area contributed by atoms with Crippen LogP contribution in [0.5, 0.6) is 0 Å².